The van der Waals surface area contributed by atoms with E-state index >= 15 is 0 Å². The number of carboxylic acid groups (broad SMARTS) is 1. The second-order valence-corrected chi connectivity index (χ2v) is 8.81. The van der Waals surface area contributed by atoms with Crippen molar-refractivity contribution in [2.75, 3.05) is 13.1 Å². The van der Waals surface area contributed by atoms with Gasteiger partial charge in [-0.15, -0.1) is 0 Å². The molecule has 1 aromatic heterocycles. The van der Waals surface area contributed by atoms with Crippen LogP contribution in [-0.2, 0) is 25.6 Å². The Hall–Kier alpha value is -3.76. The molecule has 0 aliphatic carbocycles. The summed E-state index contributed by atoms with van der Waals surface area (Å²) < 4.78 is 0. The van der Waals surface area contributed by atoms with Crippen LogP contribution in [0.25, 0.3) is 0 Å². The van der Waals surface area contributed by atoms with E-state index in [-0.39, 0.29) is 25.3 Å². The summed E-state index contributed by atoms with van der Waals surface area (Å²) in [5.41, 5.74) is 22.6. The van der Waals surface area contributed by atoms with Crippen molar-refractivity contribution < 1.29 is 29.4 Å². The average Bonchev–Trinajstić information content (AvgIpc) is 3.36. The Bertz CT molecular complexity index is 920. The van der Waals surface area contributed by atoms with E-state index in [1.807, 2.05) is 0 Å². The number of carboxylic acids is 1. The number of aliphatic carboxylic acids is 1. The second kappa shape index (κ2) is 16.9. The monoisotopic (exact) mass is 540 g/mol. The zero-order valence-corrected chi connectivity index (χ0v) is 21.4. The summed E-state index contributed by atoms with van der Waals surface area (Å²) in [5.74, 6) is -3.70. The molecule has 0 saturated carbocycles. The molecule has 214 valence electrons. The Labute approximate surface area is 220 Å². The Kier molecular flexibility index (Phi) is 14.3. The van der Waals surface area contributed by atoms with Crippen LogP contribution in [0.3, 0.4) is 0 Å². The molecule has 5 atom stereocenters. The Morgan fingerprint density at radius 1 is 1.03 bits per heavy atom. The van der Waals surface area contributed by atoms with Gasteiger partial charge in [0.1, 0.15) is 12.1 Å². The molecule has 38 heavy (non-hydrogen) atoms. The molecule has 3 amide bonds. The highest BCUT2D eigenvalue weighted by Crippen LogP contribution is 2.06. The topological polar surface area (TPSA) is 290 Å². The first kappa shape index (κ1) is 32.3. The van der Waals surface area contributed by atoms with Crippen LogP contribution >= 0.6 is 0 Å². The normalized spacial score (nSPS) is 14.8. The highest BCUT2D eigenvalue weighted by molar-refractivity contribution is 5.94. The van der Waals surface area contributed by atoms with Gasteiger partial charge in [-0.1, -0.05) is 6.42 Å². The van der Waals surface area contributed by atoms with Crippen LogP contribution in [0, 0.1) is 0 Å². The molecule has 0 aromatic carbocycles. The fourth-order valence-electron chi connectivity index (χ4n) is 3.43. The number of aliphatic hydroxyl groups excluding tert-OH is 1. The number of carbonyl (C=O) groups excluding carboxylic acids is 3. The van der Waals surface area contributed by atoms with Crippen LogP contribution in [-0.4, -0.2) is 93.2 Å². The first-order valence-corrected chi connectivity index (χ1v) is 12.3. The van der Waals surface area contributed by atoms with E-state index in [4.69, 9.17) is 22.9 Å². The van der Waals surface area contributed by atoms with E-state index in [9.17, 15) is 29.4 Å². The maximum absolute atomic E-state index is 13.2. The molecular weight excluding hydrogens is 500 g/mol. The molecule has 0 fully saturated rings. The number of nitrogens with one attached hydrogen (secondary N) is 4. The number of aliphatic hydroxyl groups is 1. The number of aliphatic imine (C=N–C) groups is 1. The smallest absolute Gasteiger partial charge is 0.328 e. The molecule has 1 rings (SSSR count). The zero-order valence-electron chi connectivity index (χ0n) is 21.4. The van der Waals surface area contributed by atoms with Crippen molar-refractivity contribution in [2.24, 2.45) is 27.9 Å². The molecule has 5 unspecified atom stereocenters. The number of guanidine groups is 1. The minimum Gasteiger partial charge on any atom is -0.480 e. The van der Waals surface area contributed by atoms with Gasteiger partial charge >= 0.3 is 5.97 Å². The first-order valence-electron chi connectivity index (χ1n) is 12.3. The molecule has 0 bridgehead atoms. The van der Waals surface area contributed by atoms with Gasteiger partial charge in [-0.3, -0.25) is 19.4 Å². The largest absolute Gasteiger partial charge is 0.480 e. The average molecular weight is 541 g/mol. The minimum atomic E-state index is -1.61. The van der Waals surface area contributed by atoms with Crippen LogP contribution in [0.2, 0.25) is 0 Å². The summed E-state index contributed by atoms with van der Waals surface area (Å²) in [6.07, 6.45) is 3.47. The number of hydrogen-bond donors (Lipinski definition) is 10. The molecule has 16 nitrogen and oxygen atoms in total. The van der Waals surface area contributed by atoms with Gasteiger partial charge in [0.15, 0.2) is 12.0 Å². The van der Waals surface area contributed by atoms with E-state index in [2.05, 4.69) is 30.9 Å². The maximum atomic E-state index is 13.2. The van der Waals surface area contributed by atoms with Crippen molar-refractivity contribution in [2.45, 2.75) is 75.7 Å². The fourth-order valence-corrected chi connectivity index (χ4v) is 3.43. The van der Waals surface area contributed by atoms with Gasteiger partial charge in [0, 0.05) is 24.9 Å². The summed E-state index contributed by atoms with van der Waals surface area (Å²) in [5, 5.41) is 26.4. The third-order valence-electron chi connectivity index (χ3n) is 5.54. The van der Waals surface area contributed by atoms with Gasteiger partial charge in [-0.2, -0.15) is 0 Å². The molecule has 16 heteroatoms. The van der Waals surface area contributed by atoms with Crippen LogP contribution in [0.15, 0.2) is 17.5 Å². The standard InChI is InChI=1S/C22H40N10O6/c1-12(33)17(21(37)38)32-20(36)16(9-13-10-27-11-29-13)31-19(35)15(6-4-8-28-22(25)26)30-18(34)14(24)5-2-3-7-23/h10-12,14-17,33H,2-9,23-24H2,1H3,(H,27,29)(H,30,34)(H,31,35)(H,32,36)(H,37,38)(H4,25,26,28). The van der Waals surface area contributed by atoms with E-state index in [0.717, 1.165) is 0 Å². The fraction of sp³-hybridized carbons (Fsp3) is 0.636. The number of nitrogens with zero attached hydrogens (tertiary/aromatic N) is 2. The van der Waals surface area contributed by atoms with Gasteiger partial charge < -0.3 is 54.1 Å². The molecule has 0 aliphatic heterocycles. The molecule has 1 aromatic rings. The molecule has 0 aliphatic rings. The van der Waals surface area contributed by atoms with Crippen molar-refractivity contribution >= 4 is 29.7 Å². The summed E-state index contributed by atoms with van der Waals surface area (Å²) in [4.78, 5) is 60.9. The Morgan fingerprint density at radius 2 is 1.68 bits per heavy atom. The lowest BCUT2D eigenvalue weighted by Crippen LogP contribution is -2.58. The number of H-pyrrole nitrogens is 1. The number of aromatic nitrogens is 2. The van der Waals surface area contributed by atoms with Crippen molar-refractivity contribution in [1.29, 1.82) is 0 Å². The second-order valence-electron chi connectivity index (χ2n) is 8.81. The van der Waals surface area contributed by atoms with E-state index in [0.29, 0.717) is 37.9 Å². The molecular formula is C22H40N10O6. The molecule has 1 heterocycles. The van der Waals surface area contributed by atoms with Crippen molar-refractivity contribution in [3.8, 4) is 0 Å². The van der Waals surface area contributed by atoms with E-state index in [1.165, 1.54) is 19.4 Å². The Morgan fingerprint density at radius 3 is 2.24 bits per heavy atom. The number of amides is 3. The number of nitrogens with two attached hydrogens (primary N) is 4. The van der Waals surface area contributed by atoms with Crippen molar-refractivity contribution in [3.63, 3.8) is 0 Å². The SMILES string of the molecule is CC(O)C(NC(=O)C(Cc1cnc[nH]1)NC(=O)C(CCCN=C(N)N)NC(=O)C(N)CCCCN)C(=O)O. The third kappa shape index (κ3) is 12.0. The quantitative estimate of drug-likeness (QED) is 0.0492. The summed E-state index contributed by atoms with van der Waals surface area (Å²) in [7, 11) is 0. The number of unbranched alkanes of at least 4 members (excludes halogenated alkanes) is 1. The van der Waals surface area contributed by atoms with Gasteiger partial charge in [0.05, 0.1) is 18.5 Å². The predicted molar refractivity (Wildman–Crippen MR) is 138 cm³/mol. The lowest BCUT2D eigenvalue weighted by Gasteiger charge is -2.25. The van der Waals surface area contributed by atoms with Crippen LogP contribution in [0.1, 0.15) is 44.7 Å². The maximum Gasteiger partial charge on any atom is 0.328 e. The number of rotatable bonds is 18. The van der Waals surface area contributed by atoms with Crippen molar-refractivity contribution in [1.82, 2.24) is 25.9 Å². The number of carbonyl (C=O) groups is 4. The zero-order chi connectivity index (χ0) is 28.7. The van der Waals surface area contributed by atoms with Crippen LogP contribution in [0.4, 0.5) is 0 Å². The number of aromatic amines is 1. The van der Waals surface area contributed by atoms with Gasteiger partial charge in [-0.25, -0.2) is 9.78 Å². The summed E-state index contributed by atoms with van der Waals surface area (Å²) in [6, 6.07) is -4.84. The Balaban J connectivity index is 3.06. The van der Waals surface area contributed by atoms with Crippen molar-refractivity contribution in [3.05, 3.63) is 18.2 Å². The van der Waals surface area contributed by atoms with Crippen LogP contribution in [0.5, 0.6) is 0 Å². The van der Waals surface area contributed by atoms with Gasteiger partial charge in [0.2, 0.25) is 17.7 Å². The summed E-state index contributed by atoms with van der Waals surface area (Å²) >= 11 is 0. The molecule has 0 spiro atoms. The molecule has 0 radical (unpaired) electrons. The first-order chi connectivity index (χ1) is 18.0. The number of hydrogen-bond acceptors (Lipinski definition) is 9. The molecule has 0 saturated heterocycles. The highest BCUT2D eigenvalue weighted by Gasteiger charge is 2.32. The van der Waals surface area contributed by atoms with E-state index in [1.54, 1.807) is 0 Å². The van der Waals surface area contributed by atoms with Gasteiger partial charge in [-0.05, 0) is 39.2 Å². The third-order valence-corrected chi connectivity index (χ3v) is 5.54. The van der Waals surface area contributed by atoms with E-state index < -0.39 is 54.0 Å². The van der Waals surface area contributed by atoms with Gasteiger partial charge in [0.25, 0.3) is 0 Å². The lowest BCUT2D eigenvalue weighted by atomic mass is 10.1. The molecule has 14 N–H and O–H groups in total. The minimum absolute atomic E-state index is 0.0724. The lowest BCUT2D eigenvalue weighted by molar-refractivity contribution is -0.145. The summed E-state index contributed by atoms with van der Waals surface area (Å²) in [6.45, 7) is 1.86. The van der Waals surface area contributed by atoms with Crippen LogP contribution < -0.4 is 38.9 Å². The number of imidazole rings is 1. The predicted octanol–water partition coefficient (Wildman–Crippen LogP) is -3.62. The highest BCUT2D eigenvalue weighted by atomic mass is 16.4.